The molecule has 4 aromatic rings. The first-order chi connectivity index (χ1) is 12.4. The second-order valence-electron chi connectivity index (χ2n) is 5.81. The van der Waals surface area contributed by atoms with Gasteiger partial charge in [-0.1, -0.05) is 36.4 Å². The quantitative estimate of drug-likeness (QED) is 0.434. The second-order valence-corrected chi connectivity index (χ2v) is 6.80. The average Bonchev–Trinajstić information content (AvgIpc) is 3.12. The van der Waals surface area contributed by atoms with Crippen LogP contribution in [0.2, 0.25) is 0 Å². The van der Waals surface area contributed by atoms with Gasteiger partial charge in [-0.25, -0.2) is 0 Å². The van der Waals surface area contributed by atoms with Crippen LogP contribution < -0.4 is 4.90 Å². The lowest BCUT2D eigenvalue weighted by Gasteiger charge is -2.14. The van der Waals surface area contributed by atoms with E-state index in [0.29, 0.717) is 0 Å². The van der Waals surface area contributed by atoms with Gasteiger partial charge in [0.05, 0.1) is 22.6 Å². The molecule has 2 aromatic carbocycles. The van der Waals surface area contributed by atoms with Crippen molar-refractivity contribution >= 4 is 39.3 Å². The van der Waals surface area contributed by atoms with E-state index in [9.17, 15) is 0 Å². The van der Waals surface area contributed by atoms with E-state index in [1.807, 2.05) is 23.9 Å². The van der Waals surface area contributed by atoms with Crippen LogP contribution in [0, 0.1) is 0 Å². The molecule has 124 valence electrons. The van der Waals surface area contributed by atoms with Gasteiger partial charge in [0.15, 0.2) is 0 Å². The minimum absolute atomic E-state index is 0.977. The molecule has 5 rings (SSSR count). The number of aromatic nitrogens is 2. The standard InChI is InChI=1S/C12H8N2.C9H11NS/c1-3-9-5-6-10-4-2-8-14-12(10)11(9)13-7-1;1-2-10-7-11-9-6-4-3-5-8(9)10/h1-8H;3-6H,2,7H2,1H3. The molecule has 0 saturated carbocycles. The van der Waals surface area contributed by atoms with Crippen molar-refractivity contribution in [3.05, 3.63) is 73.1 Å². The fourth-order valence-electron chi connectivity index (χ4n) is 3.00. The van der Waals surface area contributed by atoms with Gasteiger partial charge < -0.3 is 4.90 Å². The predicted octanol–water partition coefficient (Wildman–Crippen LogP) is 5.36. The predicted molar refractivity (Wildman–Crippen MR) is 107 cm³/mol. The molecule has 3 nitrogen and oxygen atoms in total. The number of fused-ring (bicyclic) bond motifs is 4. The third-order valence-corrected chi connectivity index (χ3v) is 5.41. The molecule has 0 fully saturated rings. The molecule has 0 bridgehead atoms. The van der Waals surface area contributed by atoms with Crippen LogP contribution in [0.25, 0.3) is 21.8 Å². The highest BCUT2D eigenvalue weighted by Crippen LogP contribution is 2.37. The summed E-state index contributed by atoms with van der Waals surface area (Å²) in [4.78, 5) is 12.5. The Balaban J connectivity index is 0.000000129. The summed E-state index contributed by atoms with van der Waals surface area (Å²) in [5, 5.41) is 2.28. The highest BCUT2D eigenvalue weighted by atomic mass is 32.2. The Morgan fingerprint density at radius 1 is 0.840 bits per heavy atom. The van der Waals surface area contributed by atoms with Gasteiger partial charge in [0.2, 0.25) is 0 Å². The van der Waals surface area contributed by atoms with Crippen molar-refractivity contribution in [2.75, 3.05) is 17.3 Å². The molecule has 0 amide bonds. The van der Waals surface area contributed by atoms with E-state index in [1.54, 1.807) is 12.4 Å². The number of thioether (sulfide) groups is 1. The maximum atomic E-state index is 4.35. The Labute approximate surface area is 151 Å². The van der Waals surface area contributed by atoms with E-state index in [0.717, 1.165) is 34.2 Å². The van der Waals surface area contributed by atoms with Crippen LogP contribution in [0.1, 0.15) is 6.92 Å². The molecule has 0 spiro atoms. The minimum Gasteiger partial charge on any atom is -0.361 e. The van der Waals surface area contributed by atoms with Crippen LogP contribution in [0.4, 0.5) is 5.69 Å². The lowest BCUT2D eigenvalue weighted by atomic mass is 10.1. The Hall–Kier alpha value is -2.59. The zero-order valence-electron chi connectivity index (χ0n) is 14.1. The summed E-state index contributed by atoms with van der Waals surface area (Å²) < 4.78 is 0. The zero-order valence-corrected chi connectivity index (χ0v) is 14.9. The summed E-state index contributed by atoms with van der Waals surface area (Å²) in [7, 11) is 0. The van der Waals surface area contributed by atoms with Crippen LogP contribution in [-0.4, -0.2) is 22.4 Å². The van der Waals surface area contributed by atoms with E-state index in [2.05, 4.69) is 70.3 Å². The van der Waals surface area contributed by atoms with E-state index in [4.69, 9.17) is 0 Å². The molecule has 25 heavy (non-hydrogen) atoms. The summed E-state index contributed by atoms with van der Waals surface area (Å²) in [6.45, 7) is 3.31. The van der Waals surface area contributed by atoms with Gasteiger partial charge >= 0.3 is 0 Å². The first kappa shape index (κ1) is 15.9. The molecule has 0 aliphatic carbocycles. The van der Waals surface area contributed by atoms with Gasteiger partial charge in [-0.15, -0.1) is 11.8 Å². The number of para-hydroxylation sites is 1. The average molecular weight is 345 g/mol. The number of nitrogens with zero attached hydrogens (tertiary/aromatic N) is 3. The molecule has 0 saturated heterocycles. The molecule has 0 radical (unpaired) electrons. The number of benzene rings is 2. The van der Waals surface area contributed by atoms with E-state index >= 15 is 0 Å². The van der Waals surface area contributed by atoms with Crippen molar-refractivity contribution < 1.29 is 0 Å². The zero-order chi connectivity index (χ0) is 17.1. The topological polar surface area (TPSA) is 29.0 Å². The molecule has 1 aliphatic heterocycles. The highest BCUT2D eigenvalue weighted by Gasteiger charge is 2.16. The van der Waals surface area contributed by atoms with Gasteiger partial charge in [0.1, 0.15) is 0 Å². The summed E-state index contributed by atoms with van der Waals surface area (Å²) in [5.74, 6) is 1.12. The molecule has 0 atom stereocenters. The number of hydrogen-bond acceptors (Lipinski definition) is 4. The Morgan fingerprint density at radius 2 is 1.48 bits per heavy atom. The van der Waals surface area contributed by atoms with Crippen molar-refractivity contribution in [2.45, 2.75) is 11.8 Å². The minimum atomic E-state index is 0.977. The Morgan fingerprint density at radius 3 is 2.12 bits per heavy atom. The lowest BCUT2D eigenvalue weighted by Crippen LogP contribution is -2.17. The summed E-state index contributed by atoms with van der Waals surface area (Å²) in [5.41, 5.74) is 3.36. The summed E-state index contributed by atoms with van der Waals surface area (Å²) in [6, 6.07) is 20.7. The monoisotopic (exact) mass is 345 g/mol. The molecule has 3 heterocycles. The van der Waals surface area contributed by atoms with Crippen LogP contribution in [0.15, 0.2) is 78.0 Å². The van der Waals surface area contributed by atoms with Gasteiger partial charge in [-0.3, -0.25) is 9.97 Å². The van der Waals surface area contributed by atoms with Gasteiger partial charge in [-0.05, 0) is 31.2 Å². The molecule has 2 aromatic heterocycles. The maximum Gasteiger partial charge on any atom is 0.0964 e. The number of hydrogen-bond donors (Lipinski definition) is 0. The molecule has 0 unspecified atom stereocenters. The van der Waals surface area contributed by atoms with E-state index in [-0.39, 0.29) is 0 Å². The van der Waals surface area contributed by atoms with Crippen molar-refractivity contribution in [1.29, 1.82) is 0 Å². The number of anilines is 1. The van der Waals surface area contributed by atoms with Gasteiger partial charge in [-0.2, -0.15) is 0 Å². The van der Waals surface area contributed by atoms with E-state index < -0.39 is 0 Å². The fraction of sp³-hybridized carbons (Fsp3) is 0.143. The van der Waals surface area contributed by atoms with Crippen LogP contribution in [0.5, 0.6) is 0 Å². The van der Waals surface area contributed by atoms with Crippen LogP contribution in [0.3, 0.4) is 0 Å². The Bertz CT molecular complexity index is 961. The summed E-state index contributed by atoms with van der Waals surface area (Å²) >= 11 is 1.93. The van der Waals surface area contributed by atoms with Gasteiger partial charge in [0, 0.05) is 34.6 Å². The Kier molecular flexibility index (Phi) is 4.53. The normalized spacial score (nSPS) is 12.8. The lowest BCUT2D eigenvalue weighted by molar-refractivity contribution is 0.951. The second kappa shape index (κ2) is 7.11. The molecular weight excluding hydrogens is 326 g/mol. The largest absolute Gasteiger partial charge is 0.361 e. The highest BCUT2D eigenvalue weighted by molar-refractivity contribution is 7.99. The third kappa shape index (κ3) is 3.17. The molecular formula is C21H19N3S. The number of rotatable bonds is 1. The molecule has 0 N–H and O–H groups in total. The number of pyridine rings is 2. The van der Waals surface area contributed by atoms with Crippen molar-refractivity contribution in [1.82, 2.24) is 9.97 Å². The van der Waals surface area contributed by atoms with Crippen LogP contribution in [-0.2, 0) is 0 Å². The summed E-state index contributed by atoms with van der Waals surface area (Å²) in [6.07, 6.45) is 3.60. The van der Waals surface area contributed by atoms with E-state index in [1.165, 1.54) is 10.6 Å². The van der Waals surface area contributed by atoms with Crippen LogP contribution >= 0.6 is 11.8 Å². The molecule has 4 heteroatoms. The van der Waals surface area contributed by atoms with Crippen molar-refractivity contribution in [3.63, 3.8) is 0 Å². The first-order valence-corrected chi connectivity index (χ1v) is 9.40. The van der Waals surface area contributed by atoms with Gasteiger partial charge in [0.25, 0.3) is 0 Å². The third-order valence-electron chi connectivity index (χ3n) is 4.31. The SMILES string of the molecule is CCN1CSc2ccccc21.c1cnc2c(c1)ccc1cccnc12. The van der Waals surface area contributed by atoms with Crippen molar-refractivity contribution in [3.8, 4) is 0 Å². The molecule has 1 aliphatic rings. The smallest absolute Gasteiger partial charge is 0.0964 e. The fourth-order valence-corrected chi connectivity index (χ4v) is 4.14. The maximum absolute atomic E-state index is 4.35. The first-order valence-electron chi connectivity index (χ1n) is 8.42. The van der Waals surface area contributed by atoms with Crippen molar-refractivity contribution in [2.24, 2.45) is 0 Å².